The minimum atomic E-state index is -0.0574. The van der Waals surface area contributed by atoms with Gasteiger partial charge in [-0.3, -0.25) is 0 Å². The molecule has 2 aromatic rings. The van der Waals surface area contributed by atoms with Crippen LogP contribution in [-0.2, 0) is 6.61 Å². The van der Waals surface area contributed by atoms with Crippen molar-refractivity contribution in [2.24, 2.45) is 5.92 Å². The number of hydrogen-bond donors (Lipinski definition) is 1. The average Bonchev–Trinajstić information content (AvgIpc) is 3.52. The van der Waals surface area contributed by atoms with Crippen LogP contribution in [0, 0.1) is 22.7 Å². The average molecular weight is 348 g/mol. The van der Waals surface area contributed by atoms with Gasteiger partial charge in [-0.05, 0) is 54.7 Å². The maximum atomic E-state index is 9.12. The van der Waals surface area contributed by atoms with Crippen molar-refractivity contribution in [2.45, 2.75) is 38.7 Å². The van der Waals surface area contributed by atoms with Crippen LogP contribution in [0.5, 0.6) is 11.5 Å². The van der Waals surface area contributed by atoms with E-state index in [4.69, 9.17) is 20.1 Å². The first kappa shape index (κ1) is 18.0. The van der Waals surface area contributed by atoms with Crippen molar-refractivity contribution >= 4 is 5.71 Å². The summed E-state index contributed by atoms with van der Waals surface area (Å²) in [4.78, 5) is 0. The molecule has 0 aliphatic heterocycles. The zero-order chi connectivity index (χ0) is 18.4. The van der Waals surface area contributed by atoms with Crippen LogP contribution in [0.3, 0.4) is 0 Å². The maximum Gasteiger partial charge on any atom is 0.126 e. The molecule has 0 aromatic heterocycles. The van der Waals surface area contributed by atoms with Crippen LogP contribution >= 0.6 is 0 Å². The van der Waals surface area contributed by atoms with Crippen molar-refractivity contribution in [1.82, 2.24) is 0 Å². The Morgan fingerprint density at radius 1 is 1.08 bits per heavy atom. The largest absolute Gasteiger partial charge is 0.489 e. The van der Waals surface area contributed by atoms with Crippen molar-refractivity contribution in [3.05, 3.63) is 59.7 Å². The number of rotatable bonds is 9. The third-order valence-electron chi connectivity index (χ3n) is 4.64. The predicted octanol–water partition coefficient (Wildman–Crippen LogP) is 5.09. The zero-order valence-electron chi connectivity index (χ0n) is 15.1. The Morgan fingerprint density at radius 3 is 2.27 bits per heavy atom. The first-order chi connectivity index (χ1) is 12.7. The van der Waals surface area contributed by atoms with Gasteiger partial charge in [-0.1, -0.05) is 31.2 Å². The third-order valence-corrected chi connectivity index (χ3v) is 4.64. The van der Waals surface area contributed by atoms with E-state index in [0.717, 1.165) is 41.9 Å². The molecule has 4 nitrogen and oxygen atoms in total. The molecule has 1 N–H and O–H groups in total. The summed E-state index contributed by atoms with van der Waals surface area (Å²) in [5.41, 5.74) is 2.78. The first-order valence-corrected chi connectivity index (χ1v) is 9.11. The molecule has 2 aromatic carbocycles. The van der Waals surface area contributed by atoms with Crippen LogP contribution in [0.4, 0.5) is 0 Å². The summed E-state index contributed by atoms with van der Waals surface area (Å²) in [7, 11) is 0. The smallest absolute Gasteiger partial charge is 0.126 e. The number of nitrogens with zero attached hydrogens (tertiary/aromatic N) is 1. The molecule has 1 fully saturated rings. The van der Waals surface area contributed by atoms with Crippen molar-refractivity contribution in [2.75, 3.05) is 6.61 Å². The highest BCUT2D eigenvalue weighted by molar-refractivity contribution is 5.87. The minimum Gasteiger partial charge on any atom is -0.489 e. The molecule has 0 spiro atoms. The van der Waals surface area contributed by atoms with E-state index < -0.39 is 0 Å². The Kier molecular flexibility index (Phi) is 5.91. The van der Waals surface area contributed by atoms with Crippen molar-refractivity contribution in [1.29, 1.82) is 10.7 Å². The molecule has 26 heavy (non-hydrogen) atoms. The number of nitrogens with one attached hydrogen (secondary N) is 1. The molecule has 0 radical (unpaired) electrons. The summed E-state index contributed by atoms with van der Waals surface area (Å²) in [6.45, 7) is 2.88. The van der Waals surface area contributed by atoms with E-state index in [1.54, 1.807) is 0 Å². The molecular formula is C22H24N2O2. The fraction of sp³-hybridized carbons (Fsp3) is 0.364. The second kappa shape index (κ2) is 8.53. The summed E-state index contributed by atoms with van der Waals surface area (Å²) in [6.07, 6.45) is 3.08. The first-order valence-electron chi connectivity index (χ1n) is 9.11. The van der Waals surface area contributed by atoms with Gasteiger partial charge < -0.3 is 14.9 Å². The molecular weight excluding hydrogens is 324 g/mol. The van der Waals surface area contributed by atoms with E-state index in [0.29, 0.717) is 24.8 Å². The van der Waals surface area contributed by atoms with E-state index >= 15 is 0 Å². The Labute approximate surface area is 154 Å². The molecule has 0 amide bonds. The Hall–Kier alpha value is -2.80. The topological polar surface area (TPSA) is 66.1 Å². The van der Waals surface area contributed by atoms with E-state index in [9.17, 15) is 0 Å². The normalized spacial score (nSPS) is 14.3. The van der Waals surface area contributed by atoms with Gasteiger partial charge in [-0.15, -0.1) is 0 Å². The number of benzene rings is 2. The number of ether oxygens (including phenoxy) is 2. The molecule has 1 saturated carbocycles. The zero-order valence-corrected chi connectivity index (χ0v) is 15.1. The second-order valence-corrected chi connectivity index (χ2v) is 6.68. The highest BCUT2D eigenvalue weighted by Crippen LogP contribution is 2.30. The van der Waals surface area contributed by atoms with Gasteiger partial charge in [0.05, 0.1) is 12.0 Å². The Balaban J connectivity index is 1.48. The van der Waals surface area contributed by atoms with E-state index in [-0.39, 0.29) is 5.92 Å². The predicted molar refractivity (Wildman–Crippen MR) is 102 cm³/mol. The van der Waals surface area contributed by atoms with Gasteiger partial charge >= 0.3 is 0 Å². The second-order valence-electron chi connectivity index (χ2n) is 6.68. The highest BCUT2D eigenvalue weighted by atomic mass is 16.5. The van der Waals surface area contributed by atoms with Crippen LogP contribution in [0.2, 0.25) is 0 Å². The monoisotopic (exact) mass is 348 g/mol. The Bertz CT molecular complexity index is 771. The molecule has 1 unspecified atom stereocenters. The standard InChI is InChI=1S/C22H24N2O2/c1-2-17(13-23)18-7-11-21(12-8-18)25-14-16-3-9-20(10-4-16)26-15-22(24)19-5-6-19/h3-4,7-12,17,19,24H,2,5-6,14-15H2,1H3. The maximum absolute atomic E-state index is 9.12. The summed E-state index contributed by atoms with van der Waals surface area (Å²) in [5, 5.41) is 17.0. The van der Waals surface area contributed by atoms with Crippen LogP contribution < -0.4 is 9.47 Å². The van der Waals surface area contributed by atoms with E-state index in [1.165, 1.54) is 0 Å². The molecule has 3 rings (SSSR count). The summed E-state index contributed by atoms with van der Waals surface area (Å²) < 4.78 is 11.5. The lowest BCUT2D eigenvalue weighted by molar-refractivity contribution is 0.305. The van der Waals surface area contributed by atoms with Gasteiger partial charge in [0.2, 0.25) is 0 Å². The number of nitriles is 1. The lowest BCUT2D eigenvalue weighted by Crippen LogP contribution is -2.11. The number of hydrogen-bond acceptors (Lipinski definition) is 4. The van der Waals surface area contributed by atoms with Gasteiger partial charge in [0.1, 0.15) is 24.7 Å². The fourth-order valence-electron chi connectivity index (χ4n) is 2.76. The van der Waals surface area contributed by atoms with Gasteiger partial charge in [0.15, 0.2) is 0 Å². The molecule has 134 valence electrons. The van der Waals surface area contributed by atoms with E-state index in [2.05, 4.69) is 6.07 Å². The van der Waals surface area contributed by atoms with Gasteiger partial charge in [-0.2, -0.15) is 5.26 Å². The third kappa shape index (κ3) is 4.86. The van der Waals surface area contributed by atoms with Crippen LogP contribution in [-0.4, -0.2) is 12.3 Å². The lowest BCUT2D eigenvalue weighted by Gasteiger charge is -2.10. The molecule has 0 heterocycles. The molecule has 1 atom stereocenters. The molecule has 4 heteroatoms. The summed E-state index contributed by atoms with van der Waals surface area (Å²) in [5.74, 6) is 1.97. The highest BCUT2D eigenvalue weighted by Gasteiger charge is 2.26. The fourth-order valence-corrected chi connectivity index (χ4v) is 2.76. The minimum absolute atomic E-state index is 0.0574. The molecule has 0 saturated heterocycles. The van der Waals surface area contributed by atoms with Gasteiger partial charge in [-0.25, -0.2) is 0 Å². The van der Waals surface area contributed by atoms with E-state index in [1.807, 2.05) is 55.5 Å². The van der Waals surface area contributed by atoms with Crippen molar-refractivity contribution in [3.8, 4) is 17.6 Å². The SMILES string of the molecule is CCC(C#N)c1ccc(OCc2ccc(OCC(=N)C3CC3)cc2)cc1. The lowest BCUT2D eigenvalue weighted by atomic mass is 9.98. The van der Waals surface area contributed by atoms with Crippen LogP contribution in [0.15, 0.2) is 48.5 Å². The molecule has 1 aliphatic rings. The Morgan fingerprint density at radius 2 is 1.69 bits per heavy atom. The van der Waals surface area contributed by atoms with Crippen LogP contribution in [0.1, 0.15) is 43.2 Å². The van der Waals surface area contributed by atoms with Crippen LogP contribution in [0.25, 0.3) is 0 Å². The van der Waals surface area contributed by atoms with Crippen molar-refractivity contribution in [3.63, 3.8) is 0 Å². The summed E-state index contributed by atoms with van der Waals surface area (Å²) >= 11 is 0. The summed E-state index contributed by atoms with van der Waals surface area (Å²) in [6, 6.07) is 17.8. The van der Waals surface area contributed by atoms with Crippen molar-refractivity contribution < 1.29 is 9.47 Å². The quantitative estimate of drug-likeness (QED) is 0.642. The molecule has 1 aliphatic carbocycles. The molecule has 0 bridgehead atoms. The van der Waals surface area contributed by atoms with Gasteiger partial charge in [0.25, 0.3) is 0 Å². The van der Waals surface area contributed by atoms with Gasteiger partial charge in [0, 0.05) is 11.6 Å².